The second-order valence-electron chi connectivity index (χ2n) is 6.93. The van der Waals surface area contributed by atoms with Crippen molar-refractivity contribution in [1.82, 2.24) is 15.5 Å². The van der Waals surface area contributed by atoms with E-state index >= 15 is 0 Å². The van der Waals surface area contributed by atoms with Crippen LogP contribution < -0.4 is 10.2 Å². The number of nitrogens with zero attached hydrogens (tertiary/aromatic N) is 3. The molecular weight excluding hydrogens is 240 g/mol. The van der Waals surface area contributed by atoms with Crippen molar-refractivity contribution in [1.29, 1.82) is 0 Å². The standard InChI is InChI=1S/C14H26N4O/c1-10-6-11(2)9-18(8-10)13-17-16-12(19-13)7-15-14(3,4)5/h10-11,15H,6-9H2,1-5H3. The zero-order chi connectivity index (χ0) is 14.0. The van der Waals surface area contributed by atoms with Crippen LogP contribution in [0.5, 0.6) is 0 Å². The summed E-state index contributed by atoms with van der Waals surface area (Å²) in [4.78, 5) is 2.21. The largest absolute Gasteiger partial charge is 0.407 e. The molecule has 2 unspecified atom stereocenters. The Bertz CT molecular complexity index is 400. The van der Waals surface area contributed by atoms with E-state index in [1.54, 1.807) is 0 Å². The fraction of sp³-hybridized carbons (Fsp3) is 0.857. The Hall–Kier alpha value is -1.10. The SMILES string of the molecule is CC1CC(C)CN(c2nnc(CNC(C)(C)C)o2)C1. The van der Waals surface area contributed by atoms with E-state index < -0.39 is 0 Å². The lowest BCUT2D eigenvalue weighted by molar-refractivity contribution is 0.333. The molecule has 0 amide bonds. The smallest absolute Gasteiger partial charge is 0.318 e. The van der Waals surface area contributed by atoms with E-state index in [0.29, 0.717) is 30.3 Å². The first-order chi connectivity index (χ1) is 8.83. The van der Waals surface area contributed by atoms with Crippen molar-refractivity contribution in [2.24, 2.45) is 11.8 Å². The summed E-state index contributed by atoms with van der Waals surface area (Å²) in [6.07, 6.45) is 1.28. The summed E-state index contributed by atoms with van der Waals surface area (Å²) in [5.41, 5.74) is 0.0583. The quantitative estimate of drug-likeness (QED) is 0.910. The molecule has 2 rings (SSSR count). The minimum Gasteiger partial charge on any atom is -0.407 e. The highest BCUT2D eigenvalue weighted by molar-refractivity contribution is 5.25. The van der Waals surface area contributed by atoms with Crippen molar-refractivity contribution in [3.8, 4) is 0 Å². The second kappa shape index (κ2) is 5.49. The highest BCUT2D eigenvalue weighted by Gasteiger charge is 2.25. The zero-order valence-corrected chi connectivity index (χ0v) is 12.7. The van der Waals surface area contributed by atoms with Crippen molar-refractivity contribution in [2.45, 2.75) is 53.1 Å². The first-order valence-corrected chi connectivity index (χ1v) is 7.16. The molecule has 0 saturated carbocycles. The summed E-state index contributed by atoms with van der Waals surface area (Å²) in [6.45, 7) is 13.6. The maximum Gasteiger partial charge on any atom is 0.318 e. The predicted molar refractivity (Wildman–Crippen MR) is 76.0 cm³/mol. The van der Waals surface area contributed by atoms with Gasteiger partial charge in [-0.2, -0.15) is 0 Å². The molecule has 0 aliphatic carbocycles. The Kier molecular flexibility index (Phi) is 4.13. The van der Waals surface area contributed by atoms with Crippen molar-refractivity contribution >= 4 is 6.01 Å². The van der Waals surface area contributed by atoms with Gasteiger partial charge in [-0.1, -0.05) is 18.9 Å². The number of hydrogen-bond acceptors (Lipinski definition) is 5. The van der Waals surface area contributed by atoms with Gasteiger partial charge < -0.3 is 14.6 Å². The molecule has 0 radical (unpaired) electrons. The molecule has 0 aromatic carbocycles. The van der Waals surface area contributed by atoms with E-state index in [1.165, 1.54) is 6.42 Å². The van der Waals surface area contributed by atoms with Gasteiger partial charge in [-0.25, -0.2) is 0 Å². The molecule has 1 aliphatic heterocycles. The molecule has 1 aromatic rings. The third-order valence-corrected chi connectivity index (χ3v) is 3.37. The first kappa shape index (κ1) is 14.3. The van der Waals surface area contributed by atoms with Crippen LogP contribution in [0.4, 0.5) is 6.01 Å². The van der Waals surface area contributed by atoms with Gasteiger partial charge in [0.1, 0.15) is 0 Å². The van der Waals surface area contributed by atoms with E-state index in [1.807, 2.05) is 0 Å². The first-order valence-electron chi connectivity index (χ1n) is 7.16. The highest BCUT2D eigenvalue weighted by atomic mass is 16.4. The van der Waals surface area contributed by atoms with Gasteiger partial charge in [-0.3, -0.25) is 0 Å². The van der Waals surface area contributed by atoms with Crippen LogP contribution in [0.15, 0.2) is 4.42 Å². The van der Waals surface area contributed by atoms with Crippen LogP contribution in [0.25, 0.3) is 0 Å². The maximum absolute atomic E-state index is 5.76. The number of hydrogen-bond donors (Lipinski definition) is 1. The van der Waals surface area contributed by atoms with Crippen molar-refractivity contribution in [3.63, 3.8) is 0 Å². The molecule has 1 saturated heterocycles. The Morgan fingerprint density at radius 2 is 1.84 bits per heavy atom. The molecule has 1 aromatic heterocycles. The lowest BCUT2D eigenvalue weighted by Gasteiger charge is -2.33. The molecule has 1 fully saturated rings. The van der Waals surface area contributed by atoms with Gasteiger partial charge in [0.05, 0.1) is 6.54 Å². The molecule has 5 heteroatoms. The number of rotatable bonds is 3. The number of aromatic nitrogens is 2. The molecule has 19 heavy (non-hydrogen) atoms. The summed E-state index contributed by atoms with van der Waals surface area (Å²) in [6, 6.07) is 0.670. The van der Waals surface area contributed by atoms with Crippen molar-refractivity contribution < 1.29 is 4.42 Å². The summed E-state index contributed by atoms with van der Waals surface area (Å²) in [5, 5.41) is 11.7. The van der Waals surface area contributed by atoms with E-state index in [9.17, 15) is 0 Å². The van der Waals surface area contributed by atoms with Gasteiger partial charge in [-0.05, 0) is 39.0 Å². The maximum atomic E-state index is 5.76. The Labute approximate surface area is 115 Å². The minimum atomic E-state index is 0.0583. The second-order valence-corrected chi connectivity index (χ2v) is 6.93. The summed E-state index contributed by atoms with van der Waals surface area (Å²) >= 11 is 0. The fourth-order valence-corrected chi connectivity index (χ4v) is 2.60. The molecule has 0 bridgehead atoms. The van der Waals surface area contributed by atoms with Gasteiger partial charge in [0, 0.05) is 18.6 Å². The fourth-order valence-electron chi connectivity index (χ4n) is 2.60. The van der Waals surface area contributed by atoms with Crippen LogP contribution in [0.1, 0.15) is 46.9 Å². The number of piperidine rings is 1. The summed E-state index contributed by atoms with van der Waals surface area (Å²) < 4.78 is 5.76. The normalized spacial score (nSPS) is 24.8. The van der Waals surface area contributed by atoms with Crippen LogP contribution in [0.2, 0.25) is 0 Å². The Morgan fingerprint density at radius 1 is 1.21 bits per heavy atom. The topological polar surface area (TPSA) is 54.2 Å². The van der Waals surface area contributed by atoms with Crippen LogP contribution >= 0.6 is 0 Å². The van der Waals surface area contributed by atoms with E-state index in [4.69, 9.17) is 4.42 Å². The van der Waals surface area contributed by atoms with Gasteiger partial charge in [0.25, 0.3) is 0 Å². The van der Waals surface area contributed by atoms with Crippen molar-refractivity contribution in [2.75, 3.05) is 18.0 Å². The molecule has 5 nitrogen and oxygen atoms in total. The van der Waals surface area contributed by atoms with Crippen molar-refractivity contribution in [3.05, 3.63) is 5.89 Å². The number of nitrogens with one attached hydrogen (secondary N) is 1. The van der Waals surface area contributed by atoms with Crippen LogP contribution in [-0.4, -0.2) is 28.8 Å². The number of anilines is 1. The Morgan fingerprint density at radius 3 is 2.42 bits per heavy atom. The minimum absolute atomic E-state index is 0.0583. The van der Waals surface area contributed by atoms with Gasteiger partial charge in [-0.15, -0.1) is 5.10 Å². The molecular formula is C14H26N4O. The monoisotopic (exact) mass is 266 g/mol. The van der Waals surface area contributed by atoms with Crippen LogP contribution in [0.3, 0.4) is 0 Å². The van der Waals surface area contributed by atoms with E-state index in [-0.39, 0.29) is 5.54 Å². The molecule has 2 heterocycles. The lowest BCUT2D eigenvalue weighted by Crippen LogP contribution is -2.38. The van der Waals surface area contributed by atoms with Crippen LogP contribution in [0, 0.1) is 11.8 Å². The third kappa shape index (κ3) is 4.20. The summed E-state index contributed by atoms with van der Waals surface area (Å²) in [7, 11) is 0. The van der Waals surface area contributed by atoms with Gasteiger partial charge in [0.2, 0.25) is 5.89 Å². The van der Waals surface area contributed by atoms with E-state index in [2.05, 4.69) is 55.0 Å². The molecule has 1 aliphatic rings. The summed E-state index contributed by atoms with van der Waals surface area (Å²) in [5.74, 6) is 2.04. The molecule has 0 spiro atoms. The predicted octanol–water partition coefficient (Wildman–Crippen LogP) is 2.44. The molecule has 108 valence electrons. The molecule has 2 atom stereocenters. The average molecular weight is 266 g/mol. The molecule has 1 N–H and O–H groups in total. The lowest BCUT2D eigenvalue weighted by atomic mass is 9.92. The zero-order valence-electron chi connectivity index (χ0n) is 12.7. The van der Waals surface area contributed by atoms with Gasteiger partial charge in [0.15, 0.2) is 0 Å². The highest BCUT2D eigenvalue weighted by Crippen LogP contribution is 2.25. The third-order valence-electron chi connectivity index (χ3n) is 3.37. The average Bonchev–Trinajstić information content (AvgIpc) is 2.72. The van der Waals surface area contributed by atoms with Crippen LogP contribution in [-0.2, 0) is 6.54 Å². The Balaban J connectivity index is 1.96. The van der Waals surface area contributed by atoms with E-state index in [0.717, 1.165) is 13.1 Å². The van der Waals surface area contributed by atoms with Gasteiger partial charge >= 0.3 is 6.01 Å².